The lowest BCUT2D eigenvalue weighted by atomic mass is 9.94. The molecular weight excluding hydrogens is 158 g/mol. The Labute approximate surface area is 72.5 Å². The van der Waals surface area contributed by atoms with Gasteiger partial charge in [-0.25, -0.2) is 5.48 Å². The van der Waals surface area contributed by atoms with Crippen molar-refractivity contribution in [2.75, 3.05) is 6.54 Å². The summed E-state index contributed by atoms with van der Waals surface area (Å²) in [5.74, 6) is -0.328. The molecule has 0 aliphatic carbocycles. The van der Waals surface area contributed by atoms with Gasteiger partial charge in [-0.05, 0) is 18.3 Å². The van der Waals surface area contributed by atoms with Gasteiger partial charge in [-0.2, -0.15) is 0 Å². The van der Waals surface area contributed by atoms with E-state index in [0.717, 1.165) is 6.42 Å². The van der Waals surface area contributed by atoms with Crippen molar-refractivity contribution in [2.45, 2.75) is 26.7 Å². The summed E-state index contributed by atoms with van der Waals surface area (Å²) in [6.07, 6.45) is 0.936. The fourth-order valence-electron chi connectivity index (χ4n) is 1.28. The minimum atomic E-state index is -0.809. The summed E-state index contributed by atoms with van der Waals surface area (Å²) in [7, 11) is 0. The first-order valence-electron chi connectivity index (χ1n) is 4.15. The predicted molar refractivity (Wildman–Crippen MR) is 45.0 cm³/mol. The smallest absolute Gasteiger partial charge is 0.303 e. The quantitative estimate of drug-likeness (QED) is 0.529. The monoisotopic (exact) mass is 175 g/mol. The van der Waals surface area contributed by atoms with Gasteiger partial charge in [-0.3, -0.25) is 4.79 Å². The Kier molecular flexibility index (Phi) is 5.66. The van der Waals surface area contributed by atoms with E-state index in [-0.39, 0.29) is 12.3 Å². The van der Waals surface area contributed by atoms with Crippen LogP contribution in [0.5, 0.6) is 0 Å². The van der Waals surface area contributed by atoms with Crippen LogP contribution < -0.4 is 5.48 Å². The first-order chi connectivity index (χ1) is 5.56. The number of nitrogens with one attached hydrogen (secondary N) is 1. The summed E-state index contributed by atoms with van der Waals surface area (Å²) in [6, 6.07) is 0. The first kappa shape index (κ1) is 11.4. The maximum Gasteiger partial charge on any atom is 0.303 e. The zero-order valence-electron chi connectivity index (χ0n) is 7.58. The average molecular weight is 175 g/mol. The highest BCUT2D eigenvalue weighted by molar-refractivity contribution is 5.67. The Morgan fingerprint density at radius 3 is 2.42 bits per heavy atom. The zero-order valence-corrected chi connectivity index (χ0v) is 7.58. The normalized spacial score (nSPS) is 13.3. The fraction of sp³-hybridized carbons (Fsp3) is 0.875. The second-order valence-electron chi connectivity index (χ2n) is 3.46. The molecule has 0 saturated heterocycles. The summed E-state index contributed by atoms with van der Waals surface area (Å²) in [4.78, 5) is 10.4. The second-order valence-corrected chi connectivity index (χ2v) is 3.46. The van der Waals surface area contributed by atoms with E-state index in [0.29, 0.717) is 12.5 Å². The Hall–Kier alpha value is -0.610. The minimum absolute atomic E-state index is 0.0208. The van der Waals surface area contributed by atoms with Gasteiger partial charge in [0, 0.05) is 13.0 Å². The fourth-order valence-corrected chi connectivity index (χ4v) is 1.28. The van der Waals surface area contributed by atoms with E-state index in [2.05, 4.69) is 0 Å². The highest BCUT2D eigenvalue weighted by Gasteiger charge is 2.13. The van der Waals surface area contributed by atoms with E-state index in [9.17, 15) is 4.79 Å². The van der Waals surface area contributed by atoms with E-state index >= 15 is 0 Å². The van der Waals surface area contributed by atoms with E-state index < -0.39 is 5.97 Å². The number of aliphatic carboxylic acids is 1. The molecule has 0 aliphatic rings. The number of hydrogen-bond donors (Lipinski definition) is 3. The molecule has 0 heterocycles. The van der Waals surface area contributed by atoms with Crippen LogP contribution in [0.4, 0.5) is 0 Å². The van der Waals surface area contributed by atoms with Crippen molar-refractivity contribution in [1.29, 1.82) is 0 Å². The third-order valence-corrected chi connectivity index (χ3v) is 1.65. The lowest BCUT2D eigenvalue weighted by Crippen LogP contribution is -2.23. The van der Waals surface area contributed by atoms with E-state index in [4.69, 9.17) is 10.3 Å². The van der Waals surface area contributed by atoms with E-state index in [1.165, 1.54) is 0 Å². The molecule has 0 fully saturated rings. The number of hydrogen-bond acceptors (Lipinski definition) is 3. The molecule has 0 bridgehead atoms. The standard InChI is InChI=1S/C8H17NO3/c1-6(2)3-7(5-9-12)4-8(10)11/h6-7,9,12H,3-5H2,1-2H3,(H,10,11)/t7-/m0/s1. The maximum atomic E-state index is 10.4. The molecule has 4 heteroatoms. The van der Waals surface area contributed by atoms with Gasteiger partial charge < -0.3 is 10.3 Å². The molecule has 3 N–H and O–H groups in total. The van der Waals surface area contributed by atoms with Gasteiger partial charge >= 0.3 is 5.97 Å². The summed E-state index contributed by atoms with van der Waals surface area (Å²) < 4.78 is 0. The largest absolute Gasteiger partial charge is 0.481 e. The van der Waals surface area contributed by atoms with Crippen molar-refractivity contribution in [3.8, 4) is 0 Å². The van der Waals surface area contributed by atoms with Gasteiger partial charge in [0.05, 0.1) is 0 Å². The van der Waals surface area contributed by atoms with Crippen LogP contribution >= 0.6 is 0 Å². The van der Waals surface area contributed by atoms with Crippen LogP contribution in [0.2, 0.25) is 0 Å². The van der Waals surface area contributed by atoms with E-state index in [1.54, 1.807) is 0 Å². The molecule has 0 spiro atoms. The Morgan fingerprint density at radius 2 is 2.08 bits per heavy atom. The summed E-state index contributed by atoms with van der Waals surface area (Å²) in [5.41, 5.74) is 2.02. The highest BCUT2D eigenvalue weighted by Crippen LogP contribution is 2.14. The van der Waals surface area contributed by atoms with Crippen molar-refractivity contribution in [2.24, 2.45) is 11.8 Å². The van der Waals surface area contributed by atoms with Crippen molar-refractivity contribution >= 4 is 5.97 Å². The first-order valence-corrected chi connectivity index (χ1v) is 4.15. The van der Waals surface area contributed by atoms with Gasteiger partial charge in [0.15, 0.2) is 0 Å². The lowest BCUT2D eigenvalue weighted by molar-refractivity contribution is -0.138. The molecule has 0 aromatic carbocycles. The molecule has 1 atom stereocenters. The predicted octanol–water partition coefficient (Wildman–Crippen LogP) is 1.10. The van der Waals surface area contributed by atoms with E-state index in [1.807, 2.05) is 19.3 Å². The number of carbonyl (C=O) groups is 1. The molecule has 72 valence electrons. The lowest BCUT2D eigenvalue weighted by Gasteiger charge is -2.15. The average Bonchev–Trinajstić information content (AvgIpc) is 1.84. The van der Waals surface area contributed by atoms with Gasteiger partial charge in [0.2, 0.25) is 0 Å². The number of hydroxylamine groups is 1. The van der Waals surface area contributed by atoms with Crippen LogP contribution in [0.1, 0.15) is 26.7 Å². The maximum absolute atomic E-state index is 10.4. The molecule has 4 nitrogen and oxygen atoms in total. The molecule has 0 rings (SSSR count). The molecule has 0 unspecified atom stereocenters. The summed E-state index contributed by atoms with van der Waals surface area (Å²) in [5, 5.41) is 16.9. The Balaban J connectivity index is 3.77. The Morgan fingerprint density at radius 1 is 1.50 bits per heavy atom. The number of rotatable bonds is 6. The van der Waals surface area contributed by atoms with Gasteiger partial charge in [-0.15, -0.1) is 0 Å². The van der Waals surface area contributed by atoms with Gasteiger partial charge in [0.1, 0.15) is 0 Å². The molecule has 0 amide bonds. The van der Waals surface area contributed by atoms with Crippen LogP contribution in [0.25, 0.3) is 0 Å². The number of carboxylic acids is 1. The highest BCUT2D eigenvalue weighted by atomic mass is 16.5. The van der Waals surface area contributed by atoms with Gasteiger partial charge in [-0.1, -0.05) is 13.8 Å². The van der Waals surface area contributed by atoms with Crippen molar-refractivity contribution in [1.82, 2.24) is 5.48 Å². The van der Waals surface area contributed by atoms with Crippen LogP contribution in [0.3, 0.4) is 0 Å². The molecule has 0 radical (unpaired) electrons. The third-order valence-electron chi connectivity index (χ3n) is 1.65. The molecule has 0 aromatic rings. The van der Waals surface area contributed by atoms with Crippen molar-refractivity contribution < 1.29 is 15.1 Å². The minimum Gasteiger partial charge on any atom is -0.481 e. The van der Waals surface area contributed by atoms with Crippen molar-refractivity contribution in [3.63, 3.8) is 0 Å². The molecule has 0 aliphatic heterocycles. The van der Waals surface area contributed by atoms with Gasteiger partial charge in [0.25, 0.3) is 0 Å². The van der Waals surface area contributed by atoms with Crippen LogP contribution in [-0.2, 0) is 4.79 Å². The zero-order chi connectivity index (χ0) is 9.56. The van der Waals surface area contributed by atoms with Crippen LogP contribution in [0, 0.1) is 11.8 Å². The van der Waals surface area contributed by atoms with Crippen LogP contribution in [-0.4, -0.2) is 22.8 Å². The van der Waals surface area contributed by atoms with Crippen molar-refractivity contribution in [3.05, 3.63) is 0 Å². The SMILES string of the molecule is CC(C)C[C@H](CNO)CC(=O)O. The molecule has 12 heavy (non-hydrogen) atoms. The molecule has 0 saturated carbocycles. The molecule has 0 aromatic heterocycles. The third kappa shape index (κ3) is 6.12. The summed E-state index contributed by atoms with van der Waals surface area (Å²) in [6.45, 7) is 4.42. The summed E-state index contributed by atoms with van der Waals surface area (Å²) >= 11 is 0. The topological polar surface area (TPSA) is 69.6 Å². The number of carboxylic acid groups (broad SMARTS) is 1. The Bertz CT molecular complexity index is 136. The molecular formula is C8H17NO3. The van der Waals surface area contributed by atoms with Crippen LogP contribution in [0.15, 0.2) is 0 Å². The second kappa shape index (κ2) is 5.97.